The number of para-hydroxylation sites is 3. The summed E-state index contributed by atoms with van der Waals surface area (Å²) in [7, 11) is 0. The van der Waals surface area contributed by atoms with Crippen LogP contribution < -0.4 is 9.64 Å². The molecule has 1 aromatic heterocycles. The minimum absolute atomic E-state index is 0.0324. The summed E-state index contributed by atoms with van der Waals surface area (Å²) < 4.78 is 8.14. The fourth-order valence-electron chi connectivity index (χ4n) is 4.41. The molecule has 0 aliphatic carbocycles. The average Bonchev–Trinajstić information content (AvgIpc) is 3.36. The standard InChI is InChI=1S/C26H24ClN3O2/c1-18-6-2-4-8-23(18)30-17-19(16-25(30)31)26-28-22-7-3-5-9-24(22)29(26)14-15-32-21-12-10-20(27)11-13-21/h2-13,19H,14-17H2,1H3/t19-/m1/s1. The number of halogens is 1. The number of aryl methyl sites for hydroxylation is 1. The van der Waals surface area contributed by atoms with Crippen molar-refractivity contribution in [3.8, 4) is 5.75 Å². The lowest BCUT2D eigenvalue weighted by Crippen LogP contribution is -2.25. The summed E-state index contributed by atoms with van der Waals surface area (Å²) >= 11 is 5.96. The van der Waals surface area contributed by atoms with Crippen LogP contribution in [0.2, 0.25) is 5.02 Å². The zero-order valence-corrected chi connectivity index (χ0v) is 18.6. The van der Waals surface area contributed by atoms with Gasteiger partial charge >= 0.3 is 0 Å². The number of hydrogen-bond acceptors (Lipinski definition) is 3. The van der Waals surface area contributed by atoms with E-state index >= 15 is 0 Å². The summed E-state index contributed by atoms with van der Waals surface area (Å²) in [6, 6.07) is 23.5. The van der Waals surface area contributed by atoms with Crippen molar-refractivity contribution in [3.05, 3.63) is 89.2 Å². The molecule has 5 rings (SSSR count). The van der Waals surface area contributed by atoms with Crippen LogP contribution in [0.3, 0.4) is 0 Å². The molecule has 0 bridgehead atoms. The number of anilines is 1. The lowest BCUT2D eigenvalue weighted by molar-refractivity contribution is -0.117. The van der Waals surface area contributed by atoms with Crippen molar-refractivity contribution >= 4 is 34.2 Å². The molecule has 0 N–H and O–H groups in total. The van der Waals surface area contributed by atoms with Gasteiger partial charge < -0.3 is 14.2 Å². The molecule has 1 atom stereocenters. The van der Waals surface area contributed by atoms with E-state index in [-0.39, 0.29) is 11.8 Å². The highest BCUT2D eigenvalue weighted by molar-refractivity contribution is 6.30. The van der Waals surface area contributed by atoms with Gasteiger partial charge in [-0.1, -0.05) is 41.9 Å². The van der Waals surface area contributed by atoms with Crippen LogP contribution in [0.15, 0.2) is 72.8 Å². The molecule has 1 aliphatic rings. The number of hydrogen-bond donors (Lipinski definition) is 0. The van der Waals surface area contributed by atoms with Gasteiger partial charge in [-0.3, -0.25) is 4.79 Å². The van der Waals surface area contributed by atoms with Crippen molar-refractivity contribution in [3.63, 3.8) is 0 Å². The van der Waals surface area contributed by atoms with Gasteiger partial charge in [0, 0.05) is 29.6 Å². The predicted octanol–water partition coefficient (Wildman–Crippen LogP) is 5.60. The Morgan fingerprint density at radius 2 is 1.78 bits per heavy atom. The third-order valence-electron chi connectivity index (χ3n) is 5.98. The third-order valence-corrected chi connectivity index (χ3v) is 6.23. The van der Waals surface area contributed by atoms with Crippen LogP contribution in [-0.2, 0) is 11.3 Å². The highest BCUT2D eigenvalue weighted by atomic mass is 35.5. The molecule has 4 aromatic rings. The Morgan fingerprint density at radius 1 is 1.03 bits per heavy atom. The molecule has 1 amide bonds. The molecule has 0 saturated carbocycles. The van der Waals surface area contributed by atoms with E-state index in [1.165, 1.54) is 0 Å². The fourth-order valence-corrected chi connectivity index (χ4v) is 4.53. The third kappa shape index (κ3) is 3.96. The Bertz CT molecular complexity index is 1270. The summed E-state index contributed by atoms with van der Waals surface area (Å²) in [6.07, 6.45) is 0.454. The summed E-state index contributed by atoms with van der Waals surface area (Å²) in [5.41, 5.74) is 4.08. The molecule has 1 aliphatic heterocycles. The molecular formula is C26H24ClN3O2. The lowest BCUT2D eigenvalue weighted by atomic mass is 10.1. The highest BCUT2D eigenvalue weighted by Crippen LogP contribution is 2.34. The molecule has 5 nitrogen and oxygen atoms in total. The number of imidazole rings is 1. The molecule has 0 radical (unpaired) electrons. The van der Waals surface area contributed by atoms with Crippen molar-refractivity contribution in [2.75, 3.05) is 18.1 Å². The second kappa shape index (κ2) is 8.67. The number of benzene rings is 3. The maximum absolute atomic E-state index is 12.9. The highest BCUT2D eigenvalue weighted by Gasteiger charge is 2.35. The minimum Gasteiger partial charge on any atom is -0.492 e. The number of rotatable bonds is 6. The summed E-state index contributed by atoms with van der Waals surface area (Å²) in [5.74, 6) is 1.89. The number of amides is 1. The Hall–Kier alpha value is -3.31. The molecule has 1 fully saturated rings. The van der Waals surface area contributed by atoms with E-state index in [0.29, 0.717) is 31.1 Å². The van der Waals surface area contributed by atoms with E-state index in [1.54, 1.807) is 0 Å². The molecule has 2 heterocycles. The second-order valence-electron chi connectivity index (χ2n) is 8.10. The van der Waals surface area contributed by atoms with Crippen molar-refractivity contribution in [1.82, 2.24) is 9.55 Å². The zero-order chi connectivity index (χ0) is 22.1. The van der Waals surface area contributed by atoms with E-state index in [9.17, 15) is 4.79 Å². The molecule has 0 spiro atoms. The number of carbonyl (C=O) groups is 1. The van der Waals surface area contributed by atoms with Gasteiger partial charge in [0.15, 0.2) is 0 Å². The topological polar surface area (TPSA) is 47.4 Å². The molecule has 3 aromatic carbocycles. The Balaban J connectivity index is 1.41. The van der Waals surface area contributed by atoms with Crippen LogP contribution >= 0.6 is 11.6 Å². The maximum Gasteiger partial charge on any atom is 0.227 e. The van der Waals surface area contributed by atoms with Crippen LogP contribution in [0.4, 0.5) is 5.69 Å². The largest absolute Gasteiger partial charge is 0.492 e. The number of carbonyl (C=O) groups excluding carboxylic acids is 1. The first-order chi connectivity index (χ1) is 15.6. The van der Waals surface area contributed by atoms with Crippen molar-refractivity contribution < 1.29 is 9.53 Å². The number of fused-ring (bicyclic) bond motifs is 1. The average molecular weight is 446 g/mol. The van der Waals surface area contributed by atoms with Crippen molar-refractivity contribution in [2.45, 2.75) is 25.8 Å². The van der Waals surface area contributed by atoms with Crippen LogP contribution in [0.5, 0.6) is 5.75 Å². The fraction of sp³-hybridized carbons (Fsp3) is 0.231. The van der Waals surface area contributed by atoms with Crippen LogP contribution in [0.25, 0.3) is 11.0 Å². The van der Waals surface area contributed by atoms with E-state index in [0.717, 1.165) is 33.9 Å². The molecule has 0 unspecified atom stereocenters. The minimum atomic E-state index is 0.0324. The summed E-state index contributed by atoms with van der Waals surface area (Å²) in [6.45, 7) is 3.81. The Labute approximate surface area is 192 Å². The van der Waals surface area contributed by atoms with Gasteiger partial charge in [0.2, 0.25) is 5.91 Å². The van der Waals surface area contributed by atoms with Gasteiger partial charge in [-0.05, 0) is 55.0 Å². The van der Waals surface area contributed by atoms with Gasteiger partial charge in [0.25, 0.3) is 0 Å². The lowest BCUT2D eigenvalue weighted by Gasteiger charge is -2.19. The summed E-state index contributed by atoms with van der Waals surface area (Å²) in [4.78, 5) is 19.7. The smallest absolute Gasteiger partial charge is 0.227 e. The van der Waals surface area contributed by atoms with Gasteiger partial charge in [-0.2, -0.15) is 0 Å². The normalized spacial score (nSPS) is 16.1. The zero-order valence-electron chi connectivity index (χ0n) is 17.9. The van der Waals surface area contributed by atoms with Gasteiger partial charge in [0.05, 0.1) is 17.6 Å². The number of nitrogens with zero attached hydrogens (tertiary/aromatic N) is 3. The Morgan fingerprint density at radius 3 is 2.59 bits per heavy atom. The second-order valence-corrected chi connectivity index (χ2v) is 8.54. The quantitative estimate of drug-likeness (QED) is 0.388. The molecule has 32 heavy (non-hydrogen) atoms. The summed E-state index contributed by atoms with van der Waals surface area (Å²) in [5, 5.41) is 0.685. The maximum atomic E-state index is 12.9. The van der Waals surface area contributed by atoms with Crippen LogP contribution in [0.1, 0.15) is 23.7 Å². The SMILES string of the molecule is Cc1ccccc1N1C[C@H](c2nc3ccccc3n2CCOc2ccc(Cl)cc2)CC1=O. The molecule has 162 valence electrons. The molecule has 6 heteroatoms. The van der Waals surface area contributed by atoms with Gasteiger partial charge in [-0.15, -0.1) is 0 Å². The van der Waals surface area contributed by atoms with Crippen molar-refractivity contribution in [2.24, 2.45) is 0 Å². The van der Waals surface area contributed by atoms with Gasteiger partial charge in [0.1, 0.15) is 18.2 Å². The molecule has 1 saturated heterocycles. The monoisotopic (exact) mass is 445 g/mol. The first kappa shape index (κ1) is 20.6. The van der Waals surface area contributed by atoms with Crippen LogP contribution in [-0.4, -0.2) is 28.6 Å². The van der Waals surface area contributed by atoms with E-state index in [2.05, 4.69) is 10.6 Å². The van der Waals surface area contributed by atoms with E-state index in [4.69, 9.17) is 21.3 Å². The first-order valence-corrected chi connectivity index (χ1v) is 11.2. The number of ether oxygens (including phenoxy) is 1. The molecular weight excluding hydrogens is 422 g/mol. The van der Waals surface area contributed by atoms with E-state index in [1.807, 2.05) is 78.6 Å². The van der Waals surface area contributed by atoms with Crippen molar-refractivity contribution in [1.29, 1.82) is 0 Å². The van der Waals surface area contributed by atoms with Gasteiger partial charge in [-0.25, -0.2) is 4.98 Å². The predicted molar refractivity (Wildman–Crippen MR) is 128 cm³/mol. The first-order valence-electron chi connectivity index (χ1n) is 10.8. The van der Waals surface area contributed by atoms with E-state index < -0.39 is 0 Å². The van der Waals surface area contributed by atoms with Crippen LogP contribution in [0, 0.1) is 6.92 Å². The Kier molecular flexibility index (Phi) is 5.58. The number of aromatic nitrogens is 2.